The van der Waals surface area contributed by atoms with Crippen LogP contribution in [0.3, 0.4) is 0 Å². The van der Waals surface area contributed by atoms with Gasteiger partial charge in [0, 0.05) is 12.1 Å². The number of anilines is 1. The van der Waals surface area contributed by atoms with Gasteiger partial charge in [0.1, 0.15) is 11.6 Å². The lowest BCUT2D eigenvalue weighted by Gasteiger charge is -2.11. The van der Waals surface area contributed by atoms with Gasteiger partial charge in [0.15, 0.2) is 0 Å². The summed E-state index contributed by atoms with van der Waals surface area (Å²) in [5.74, 6) is -1.25. The monoisotopic (exact) mass is 365 g/mol. The molecular formula is C13H8BrCl2F2N. The fourth-order valence-corrected chi connectivity index (χ4v) is 2.29. The molecule has 6 heteroatoms. The van der Waals surface area contributed by atoms with Gasteiger partial charge in [-0.2, -0.15) is 0 Å². The fourth-order valence-electron chi connectivity index (χ4n) is 1.56. The van der Waals surface area contributed by atoms with Gasteiger partial charge in [-0.25, -0.2) is 8.78 Å². The lowest BCUT2D eigenvalue weighted by molar-refractivity contribution is 0.556. The molecule has 0 spiro atoms. The minimum Gasteiger partial charge on any atom is -0.379 e. The van der Waals surface area contributed by atoms with Crippen molar-refractivity contribution in [2.45, 2.75) is 6.54 Å². The van der Waals surface area contributed by atoms with E-state index in [2.05, 4.69) is 21.2 Å². The van der Waals surface area contributed by atoms with Crippen molar-refractivity contribution >= 4 is 44.8 Å². The first-order valence-electron chi connectivity index (χ1n) is 5.31. The zero-order valence-electron chi connectivity index (χ0n) is 9.48. The molecule has 0 atom stereocenters. The predicted octanol–water partition coefficient (Wildman–Crippen LogP) is 5.65. The Hall–Kier alpha value is -0.840. The summed E-state index contributed by atoms with van der Waals surface area (Å²) in [7, 11) is 0. The molecule has 0 aliphatic heterocycles. The molecule has 0 unspecified atom stereocenters. The van der Waals surface area contributed by atoms with Crippen molar-refractivity contribution in [3.63, 3.8) is 0 Å². The third kappa shape index (κ3) is 3.19. The molecule has 0 aliphatic rings. The maximum absolute atomic E-state index is 13.8. The summed E-state index contributed by atoms with van der Waals surface area (Å²) >= 11 is 14.9. The lowest BCUT2D eigenvalue weighted by Crippen LogP contribution is -2.05. The maximum atomic E-state index is 13.8. The number of halogens is 5. The van der Waals surface area contributed by atoms with Crippen molar-refractivity contribution in [2.75, 3.05) is 5.32 Å². The minimum absolute atomic E-state index is 0.0306. The maximum Gasteiger partial charge on any atom is 0.145 e. The van der Waals surface area contributed by atoms with Crippen LogP contribution in [-0.4, -0.2) is 0 Å². The molecule has 2 aromatic rings. The molecule has 0 aliphatic carbocycles. The SMILES string of the molecule is Fc1ccc(Br)c(F)c1CNc1cccc(Cl)c1Cl. The van der Waals surface area contributed by atoms with Crippen molar-refractivity contribution in [1.29, 1.82) is 0 Å². The van der Waals surface area contributed by atoms with Gasteiger partial charge in [0.2, 0.25) is 0 Å². The highest BCUT2D eigenvalue weighted by molar-refractivity contribution is 9.10. The van der Waals surface area contributed by atoms with Crippen LogP contribution in [0.15, 0.2) is 34.8 Å². The molecule has 0 saturated carbocycles. The number of nitrogens with one attached hydrogen (secondary N) is 1. The van der Waals surface area contributed by atoms with Crippen molar-refractivity contribution in [3.8, 4) is 0 Å². The zero-order chi connectivity index (χ0) is 14.0. The summed E-state index contributed by atoms with van der Waals surface area (Å²) in [5.41, 5.74) is 0.457. The lowest BCUT2D eigenvalue weighted by atomic mass is 10.2. The Bertz CT molecular complexity index is 620. The molecule has 2 aromatic carbocycles. The molecule has 100 valence electrons. The fraction of sp³-hybridized carbons (Fsp3) is 0.0769. The number of hydrogen-bond acceptors (Lipinski definition) is 1. The second-order valence-corrected chi connectivity index (χ2v) is 5.42. The van der Waals surface area contributed by atoms with Crippen LogP contribution in [0, 0.1) is 11.6 Å². The van der Waals surface area contributed by atoms with E-state index in [0.29, 0.717) is 15.7 Å². The topological polar surface area (TPSA) is 12.0 Å². The van der Waals surface area contributed by atoms with Crippen LogP contribution < -0.4 is 5.32 Å². The van der Waals surface area contributed by atoms with Gasteiger partial charge in [0.25, 0.3) is 0 Å². The Morgan fingerprint density at radius 3 is 2.58 bits per heavy atom. The Morgan fingerprint density at radius 1 is 1.11 bits per heavy atom. The van der Waals surface area contributed by atoms with Gasteiger partial charge in [-0.3, -0.25) is 0 Å². The molecule has 2 rings (SSSR count). The van der Waals surface area contributed by atoms with E-state index in [-0.39, 0.29) is 16.6 Å². The third-order valence-corrected chi connectivity index (χ3v) is 3.98. The quantitative estimate of drug-likeness (QED) is 0.692. The van der Waals surface area contributed by atoms with Crippen LogP contribution in [0.1, 0.15) is 5.56 Å². The van der Waals surface area contributed by atoms with Gasteiger partial charge in [-0.15, -0.1) is 0 Å². The smallest absolute Gasteiger partial charge is 0.145 e. The molecular weight excluding hydrogens is 359 g/mol. The van der Waals surface area contributed by atoms with Gasteiger partial charge in [-0.05, 0) is 40.2 Å². The van der Waals surface area contributed by atoms with E-state index < -0.39 is 11.6 Å². The van der Waals surface area contributed by atoms with E-state index in [4.69, 9.17) is 23.2 Å². The van der Waals surface area contributed by atoms with Crippen LogP contribution in [0.2, 0.25) is 10.0 Å². The second kappa shape index (κ2) is 6.07. The van der Waals surface area contributed by atoms with Crippen molar-refractivity contribution in [2.24, 2.45) is 0 Å². The Morgan fingerprint density at radius 2 is 1.84 bits per heavy atom. The first kappa shape index (κ1) is 14.6. The molecule has 19 heavy (non-hydrogen) atoms. The van der Waals surface area contributed by atoms with E-state index in [1.54, 1.807) is 18.2 Å². The molecule has 1 nitrogen and oxygen atoms in total. The van der Waals surface area contributed by atoms with Gasteiger partial charge >= 0.3 is 0 Å². The minimum atomic E-state index is -0.634. The summed E-state index contributed by atoms with van der Waals surface area (Å²) in [6.07, 6.45) is 0. The molecule has 1 N–H and O–H groups in total. The molecule has 0 radical (unpaired) electrons. The molecule has 0 heterocycles. The second-order valence-electron chi connectivity index (χ2n) is 3.78. The molecule has 0 fully saturated rings. The Kier molecular flexibility index (Phi) is 4.66. The molecule has 0 amide bonds. The first-order valence-corrected chi connectivity index (χ1v) is 6.86. The normalized spacial score (nSPS) is 10.6. The largest absolute Gasteiger partial charge is 0.379 e. The standard InChI is InChI=1S/C13H8BrCl2F2N/c14-8-4-5-10(17)7(13(8)18)6-19-11-3-1-2-9(15)12(11)16/h1-5,19H,6H2. The van der Waals surface area contributed by atoms with Gasteiger partial charge in [-0.1, -0.05) is 29.3 Å². The number of hydrogen-bond donors (Lipinski definition) is 1. The van der Waals surface area contributed by atoms with Crippen LogP contribution in [0.25, 0.3) is 0 Å². The average molecular weight is 367 g/mol. The van der Waals surface area contributed by atoms with Crippen LogP contribution in [-0.2, 0) is 6.54 Å². The average Bonchev–Trinajstić information content (AvgIpc) is 2.39. The van der Waals surface area contributed by atoms with E-state index >= 15 is 0 Å². The van der Waals surface area contributed by atoms with Crippen LogP contribution in [0.5, 0.6) is 0 Å². The Labute approximate surface area is 127 Å². The van der Waals surface area contributed by atoms with E-state index in [0.717, 1.165) is 0 Å². The highest BCUT2D eigenvalue weighted by Crippen LogP contribution is 2.30. The summed E-state index contributed by atoms with van der Waals surface area (Å²) < 4.78 is 27.5. The van der Waals surface area contributed by atoms with Crippen LogP contribution >= 0.6 is 39.1 Å². The number of rotatable bonds is 3. The summed E-state index contributed by atoms with van der Waals surface area (Å²) in [6.45, 7) is -0.0306. The Balaban J connectivity index is 2.24. The van der Waals surface area contributed by atoms with E-state index in [9.17, 15) is 8.78 Å². The van der Waals surface area contributed by atoms with Gasteiger partial charge < -0.3 is 5.32 Å². The zero-order valence-corrected chi connectivity index (χ0v) is 12.6. The highest BCUT2D eigenvalue weighted by atomic mass is 79.9. The third-order valence-electron chi connectivity index (χ3n) is 2.55. The van der Waals surface area contributed by atoms with Crippen molar-refractivity contribution < 1.29 is 8.78 Å². The van der Waals surface area contributed by atoms with E-state index in [1.807, 2.05) is 0 Å². The number of benzene rings is 2. The van der Waals surface area contributed by atoms with Gasteiger partial charge in [0.05, 0.1) is 20.2 Å². The molecule has 0 saturated heterocycles. The first-order chi connectivity index (χ1) is 9.00. The summed E-state index contributed by atoms with van der Waals surface area (Å²) in [6, 6.07) is 7.53. The molecule has 0 bridgehead atoms. The molecule has 0 aromatic heterocycles. The van der Waals surface area contributed by atoms with Crippen LogP contribution in [0.4, 0.5) is 14.5 Å². The summed E-state index contributed by atoms with van der Waals surface area (Å²) in [5, 5.41) is 3.56. The van der Waals surface area contributed by atoms with Crippen molar-refractivity contribution in [3.05, 3.63) is 62.0 Å². The highest BCUT2D eigenvalue weighted by Gasteiger charge is 2.13. The summed E-state index contributed by atoms with van der Waals surface area (Å²) in [4.78, 5) is 0. The predicted molar refractivity (Wildman–Crippen MR) is 77.8 cm³/mol. The van der Waals surface area contributed by atoms with Crippen molar-refractivity contribution in [1.82, 2.24) is 0 Å². The van der Waals surface area contributed by atoms with E-state index in [1.165, 1.54) is 12.1 Å².